The molecule has 3 rings (SSSR count). The fraction of sp³-hybridized carbons (Fsp3) is 0.526. The van der Waals surface area contributed by atoms with Gasteiger partial charge in [-0.3, -0.25) is 9.69 Å². The third kappa shape index (κ3) is 3.49. The molecule has 1 aromatic carbocycles. The molecule has 1 fully saturated rings. The summed E-state index contributed by atoms with van der Waals surface area (Å²) < 4.78 is 11.7. The van der Waals surface area contributed by atoms with Gasteiger partial charge in [-0.25, -0.2) is 0 Å². The van der Waals surface area contributed by atoms with Crippen molar-refractivity contribution in [2.45, 2.75) is 38.9 Å². The summed E-state index contributed by atoms with van der Waals surface area (Å²) in [5, 5.41) is 3.00. The highest BCUT2D eigenvalue weighted by Gasteiger charge is 2.35. The van der Waals surface area contributed by atoms with Crippen molar-refractivity contribution in [2.75, 3.05) is 25.0 Å². The molecule has 0 bridgehead atoms. The highest BCUT2D eigenvalue weighted by atomic mass is 16.7. The van der Waals surface area contributed by atoms with E-state index in [-0.39, 0.29) is 11.8 Å². The van der Waals surface area contributed by atoms with Crippen molar-refractivity contribution in [1.29, 1.82) is 0 Å². The number of rotatable bonds is 4. The van der Waals surface area contributed by atoms with E-state index >= 15 is 0 Å². The van der Waals surface area contributed by atoms with Crippen molar-refractivity contribution < 1.29 is 14.3 Å². The zero-order chi connectivity index (χ0) is 17.2. The smallest absolute Gasteiger partial charge is 0.248 e. The van der Waals surface area contributed by atoms with E-state index in [9.17, 15) is 4.79 Å². The zero-order valence-corrected chi connectivity index (χ0v) is 14.3. The molecule has 2 aliphatic heterocycles. The number of hydrogen-bond acceptors (Lipinski definition) is 4. The van der Waals surface area contributed by atoms with Crippen LogP contribution in [0, 0.1) is 18.3 Å². The fourth-order valence-corrected chi connectivity index (χ4v) is 3.11. The first-order valence-corrected chi connectivity index (χ1v) is 8.52. The number of benzene rings is 1. The number of nitrogens with zero attached hydrogens (tertiary/aromatic N) is 1. The summed E-state index contributed by atoms with van der Waals surface area (Å²) in [6.07, 6.45) is 7.76. The van der Waals surface area contributed by atoms with Gasteiger partial charge in [0.15, 0.2) is 11.5 Å². The number of piperidine rings is 1. The van der Waals surface area contributed by atoms with Gasteiger partial charge in [0.1, 0.15) is 0 Å². The number of fused-ring (bicyclic) bond motifs is 1. The molecule has 0 saturated carbocycles. The van der Waals surface area contributed by atoms with Gasteiger partial charge in [0.05, 0.1) is 6.54 Å². The highest BCUT2D eigenvalue weighted by Crippen LogP contribution is 2.42. The Morgan fingerprint density at radius 1 is 1.38 bits per heavy atom. The Morgan fingerprint density at radius 3 is 2.75 bits per heavy atom. The molecule has 1 aromatic rings. The Balaban J connectivity index is 1.59. The molecule has 0 aromatic heterocycles. The van der Waals surface area contributed by atoms with Crippen molar-refractivity contribution in [3.63, 3.8) is 0 Å². The molecule has 24 heavy (non-hydrogen) atoms. The van der Waals surface area contributed by atoms with Crippen molar-refractivity contribution in [3.8, 4) is 23.8 Å². The predicted octanol–water partition coefficient (Wildman–Crippen LogP) is 2.87. The average molecular weight is 328 g/mol. The molecule has 2 heterocycles. The summed E-state index contributed by atoms with van der Waals surface area (Å²) in [6, 6.07) is 5.54. The quantitative estimate of drug-likeness (QED) is 0.864. The standard InChI is InChI=1S/C19H24N2O3/c1-4-10-21-11-8-14(9-12-21)18(22)20-15-6-7-16-17(13-15)24-19(3,5-2)23-16/h1,6-7,13-14H,5,8-12H2,2-3H3,(H,20,22)/t19-/m0/s1. The minimum Gasteiger partial charge on any atom is -0.449 e. The van der Waals surface area contributed by atoms with Gasteiger partial charge in [0.2, 0.25) is 11.7 Å². The number of amides is 1. The Kier molecular flexibility index (Phi) is 4.68. The summed E-state index contributed by atoms with van der Waals surface area (Å²) in [5.74, 6) is 3.54. The lowest BCUT2D eigenvalue weighted by atomic mass is 9.96. The SMILES string of the molecule is C#CCN1CCC(C(=O)Nc2ccc3c(c2)O[C@@](C)(CC)O3)CC1. The van der Waals surface area contributed by atoms with Gasteiger partial charge in [-0.05, 0) is 38.1 Å². The minimum absolute atomic E-state index is 0.0327. The molecule has 1 amide bonds. The van der Waals surface area contributed by atoms with E-state index in [1.54, 1.807) is 0 Å². The first-order valence-electron chi connectivity index (χ1n) is 8.52. The van der Waals surface area contributed by atoms with E-state index in [4.69, 9.17) is 15.9 Å². The van der Waals surface area contributed by atoms with Crippen LogP contribution in [0.1, 0.15) is 33.1 Å². The molecule has 0 aliphatic carbocycles. The molecular formula is C19H24N2O3. The Hall–Kier alpha value is -2.19. The summed E-state index contributed by atoms with van der Waals surface area (Å²) in [7, 11) is 0. The Labute approximate surface area is 143 Å². The number of likely N-dealkylation sites (tertiary alicyclic amines) is 1. The molecule has 128 valence electrons. The van der Waals surface area contributed by atoms with Crippen LogP contribution in [-0.4, -0.2) is 36.2 Å². The van der Waals surface area contributed by atoms with Crippen molar-refractivity contribution in [1.82, 2.24) is 4.90 Å². The maximum Gasteiger partial charge on any atom is 0.248 e. The Bertz CT molecular complexity index is 659. The summed E-state index contributed by atoms with van der Waals surface area (Å²) in [4.78, 5) is 14.7. The largest absolute Gasteiger partial charge is 0.449 e. The van der Waals surface area contributed by atoms with Crippen LogP contribution in [0.5, 0.6) is 11.5 Å². The monoisotopic (exact) mass is 328 g/mol. The maximum atomic E-state index is 12.5. The molecule has 1 N–H and O–H groups in total. The predicted molar refractivity (Wildman–Crippen MR) is 93.0 cm³/mol. The lowest BCUT2D eigenvalue weighted by Crippen LogP contribution is -2.38. The Morgan fingerprint density at radius 2 is 2.08 bits per heavy atom. The summed E-state index contributed by atoms with van der Waals surface area (Å²) in [6.45, 7) is 6.33. The van der Waals surface area contributed by atoms with Crippen molar-refractivity contribution in [2.24, 2.45) is 5.92 Å². The normalized spacial score (nSPS) is 23.7. The van der Waals surface area contributed by atoms with Gasteiger partial charge in [-0.1, -0.05) is 12.8 Å². The molecular weight excluding hydrogens is 304 g/mol. The third-order valence-electron chi connectivity index (χ3n) is 4.78. The zero-order valence-electron chi connectivity index (χ0n) is 14.3. The van der Waals surface area contributed by atoms with Crippen LogP contribution in [0.25, 0.3) is 0 Å². The number of terminal acetylenes is 1. The average Bonchev–Trinajstić information content (AvgIpc) is 2.92. The van der Waals surface area contributed by atoms with E-state index in [2.05, 4.69) is 16.1 Å². The van der Waals surface area contributed by atoms with Crippen molar-refractivity contribution >= 4 is 11.6 Å². The lowest BCUT2D eigenvalue weighted by molar-refractivity contribution is -0.121. The van der Waals surface area contributed by atoms with Crippen LogP contribution >= 0.6 is 0 Å². The molecule has 1 atom stereocenters. The van der Waals surface area contributed by atoms with Crippen LogP contribution in [0.3, 0.4) is 0 Å². The van der Waals surface area contributed by atoms with Gasteiger partial charge < -0.3 is 14.8 Å². The van der Waals surface area contributed by atoms with Crippen molar-refractivity contribution in [3.05, 3.63) is 18.2 Å². The second-order valence-corrected chi connectivity index (χ2v) is 6.60. The second kappa shape index (κ2) is 6.74. The lowest BCUT2D eigenvalue weighted by Gasteiger charge is -2.29. The number of nitrogens with one attached hydrogen (secondary N) is 1. The molecule has 5 nitrogen and oxygen atoms in total. The van der Waals surface area contributed by atoms with Gasteiger partial charge in [0.25, 0.3) is 0 Å². The van der Waals surface area contributed by atoms with E-state index < -0.39 is 5.79 Å². The van der Waals surface area contributed by atoms with Gasteiger partial charge >= 0.3 is 0 Å². The molecule has 2 aliphatic rings. The van der Waals surface area contributed by atoms with Crippen LogP contribution in [0.2, 0.25) is 0 Å². The first kappa shape index (κ1) is 16.7. The van der Waals surface area contributed by atoms with Crippen LogP contribution in [-0.2, 0) is 4.79 Å². The molecule has 5 heteroatoms. The number of carbonyl (C=O) groups is 1. The molecule has 0 radical (unpaired) electrons. The summed E-state index contributed by atoms with van der Waals surface area (Å²) in [5.41, 5.74) is 0.744. The summed E-state index contributed by atoms with van der Waals surface area (Å²) >= 11 is 0. The molecule has 0 spiro atoms. The van der Waals surface area contributed by atoms with Gasteiger partial charge in [0, 0.05) is 31.0 Å². The highest BCUT2D eigenvalue weighted by molar-refractivity contribution is 5.93. The van der Waals surface area contributed by atoms with E-state index in [1.807, 2.05) is 32.0 Å². The van der Waals surface area contributed by atoms with Crippen LogP contribution in [0.15, 0.2) is 18.2 Å². The van der Waals surface area contributed by atoms with E-state index in [1.165, 1.54) is 0 Å². The number of ether oxygens (including phenoxy) is 2. The van der Waals surface area contributed by atoms with Crippen LogP contribution < -0.4 is 14.8 Å². The fourth-order valence-electron chi connectivity index (χ4n) is 3.11. The maximum absolute atomic E-state index is 12.5. The number of carbonyl (C=O) groups excluding carboxylic acids is 1. The van der Waals surface area contributed by atoms with Gasteiger partial charge in [-0.15, -0.1) is 6.42 Å². The second-order valence-electron chi connectivity index (χ2n) is 6.60. The van der Waals surface area contributed by atoms with Gasteiger partial charge in [-0.2, -0.15) is 0 Å². The topological polar surface area (TPSA) is 50.8 Å². The minimum atomic E-state index is -0.616. The van der Waals surface area contributed by atoms with E-state index in [0.29, 0.717) is 12.3 Å². The molecule has 1 saturated heterocycles. The van der Waals surface area contributed by atoms with Crippen LogP contribution in [0.4, 0.5) is 5.69 Å². The third-order valence-corrected chi connectivity index (χ3v) is 4.78. The first-order chi connectivity index (χ1) is 11.5. The number of anilines is 1. The number of hydrogen-bond donors (Lipinski definition) is 1. The van der Waals surface area contributed by atoms with E-state index in [0.717, 1.165) is 43.8 Å². The molecule has 0 unspecified atom stereocenters.